The van der Waals surface area contributed by atoms with Crippen LogP contribution in [0.3, 0.4) is 0 Å². The molecule has 0 heterocycles. The average molecular weight is 140 g/mol. The minimum atomic E-state index is 0.705. The first-order valence-corrected chi connectivity index (χ1v) is 4.48. The van der Waals surface area contributed by atoms with Gasteiger partial charge in [0.2, 0.25) is 0 Å². The van der Waals surface area contributed by atoms with Gasteiger partial charge >= 0.3 is 0 Å². The summed E-state index contributed by atoms with van der Waals surface area (Å²) in [5, 5.41) is 0. The van der Waals surface area contributed by atoms with E-state index in [4.69, 9.17) is 0 Å². The van der Waals surface area contributed by atoms with Crippen molar-refractivity contribution < 1.29 is 0 Å². The highest BCUT2D eigenvalue weighted by Crippen LogP contribution is 2.11. The van der Waals surface area contributed by atoms with Crippen molar-refractivity contribution in [2.24, 2.45) is 5.92 Å². The van der Waals surface area contributed by atoms with Gasteiger partial charge in [-0.2, -0.15) is 0 Å². The van der Waals surface area contributed by atoms with Crippen LogP contribution in [0.25, 0.3) is 0 Å². The Labute approximate surface area is 66.0 Å². The van der Waals surface area contributed by atoms with Crippen LogP contribution in [0.1, 0.15) is 52.9 Å². The molecule has 0 amide bonds. The molecular formula is C10H20. The van der Waals surface area contributed by atoms with Crippen LogP contribution >= 0.6 is 0 Å². The lowest BCUT2D eigenvalue weighted by atomic mass is 10.0. The largest absolute Gasteiger partial charge is 0.0654 e. The summed E-state index contributed by atoms with van der Waals surface area (Å²) in [7, 11) is 0. The molecule has 0 heteroatoms. The van der Waals surface area contributed by atoms with E-state index >= 15 is 0 Å². The van der Waals surface area contributed by atoms with Gasteiger partial charge in [0.1, 0.15) is 0 Å². The van der Waals surface area contributed by atoms with Crippen LogP contribution in [-0.4, -0.2) is 0 Å². The number of unbranched alkanes of at least 4 members (excludes halogenated alkanes) is 3. The summed E-state index contributed by atoms with van der Waals surface area (Å²) in [4.78, 5) is 0. The molecule has 0 aromatic carbocycles. The highest BCUT2D eigenvalue weighted by atomic mass is 14.0. The van der Waals surface area contributed by atoms with Gasteiger partial charge in [-0.15, -0.1) is 0 Å². The summed E-state index contributed by atoms with van der Waals surface area (Å²) < 4.78 is 0. The molecule has 0 saturated heterocycles. The summed E-state index contributed by atoms with van der Waals surface area (Å²) in [5.41, 5.74) is 0. The van der Waals surface area contributed by atoms with Crippen LogP contribution < -0.4 is 0 Å². The molecule has 2 radical (unpaired) electrons. The standard InChI is InChI=1S/C10H20/c1-4-6-7-8-9-10(3)5-2/h10H,4,6-9H2,1-3H3. The van der Waals surface area contributed by atoms with E-state index in [1.165, 1.54) is 32.1 Å². The van der Waals surface area contributed by atoms with E-state index in [1.807, 2.05) is 6.92 Å². The Morgan fingerprint density at radius 2 is 1.90 bits per heavy atom. The third kappa shape index (κ3) is 6.12. The molecule has 0 spiro atoms. The first-order chi connectivity index (χ1) is 4.81. The molecule has 0 aliphatic heterocycles. The van der Waals surface area contributed by atoms with Gasteiger partial charge in [0.15, 0.2) is 0 Å². The van der Waals surface area contributed by atoms with E-state index in [-0.39, 0.29) is 0 Å². The van der Waals surface area contributed by atoms with Crippen molar-refractivity contribution in [1.29, 1.82) is 0 Å². The van der Waals surface area contributed by atoms with Crippen LogP contribution in [-0.2, 0) is 0 Å². The summed E-state index contributed by atoms with van der Waals surface area (Å²) in [5.74, 6) is 0.705. The van der Waals surface area contributed by atoms with Crippen LogP contribution in [0.5, 0.6) is 0 Å². The first-order valence-electron chi connectivity index (χ1n) is 4.48. The molecular weight excluding hydrogens is 120 g/mol. The van der Waals surface area contributed by atoms with Gasteiger partial charge in [-0.3, -0.25) is 0 Å². The Morgan fingerprint density at radius 1 is 1.20 bits per heavy atom. The van der Waals surface area contributed by atoms with Gasteiger partial charge in [0.25, 0.3) is 0 Å². The summed E-state index contributed by atoms with van der Waals surface area (Å²) >= 11 is 0. The van der Waals surface area contributed by atoms with Crippen LogP contribution in [0.2, 0.25) is 0 Å². The van der Waals surface area contributed by atoms with E-state index in [0.717, 1.165) is 0 Å². The third-order valence-electron chi connectivity index (χ3n) is 1.98. The van der Waals surface area contributed by atoms with Crippen molar-refractivity contribution in [3.05, 3.63) is 6.42 Å². The normalized spacial score (nSPS) is 13.5. The fourth-order valence-electron chi connectivity index (χ4n) is 1.02. The van der Waals surface area contributed by atoms with E-state index < -0.39 is 0 Å². The zero-order valence-electron chi connectivity index (χ0n) is 7.61. The first kappa shape index (κ1) is 10.0. The second-order valence-corrected chi connectivity index (χ2v) is 3.04. The van der Waals surface area contributed by atoms with Crippen LogP contribution in [0, 0.1) is 12.3 Å². The average Bonchev–Trinajstić information content (AvgIpc) is 1.98. The monoisotopic (exact) mass is 140 g/mol. The molecule has 0 bridgehead atoms. The molecule has 0 saturated carbocycles. The molecule has 10 heavy (non-hydrogen) atoms. The van der Waals surface area contributed by atoms with Crippen molar-refractivity contribution in [3.63, 3.8) is 0 Å². The maximum Gasteiger partial charge on any atom is -0.0176 e. The molecule has 0 aromatic rings. The van der Waals surface area contributed by atoms with Crippen molar-refractivity contribution >= 4 is 0 Å². The number of hydrogen-bond acceptors (Lipinski definition) is 0. The smallest absolute Gasteiger partial charge is 0.0176 e. The van der Waals surface area contributed by atoms with Gasteiger partial charge in [0.05, 0.1) is 0 Å². The maximum atomic E-state index is 3.24. The van der Waals surface area contributed by atoms with Crippen molar-refractivity contribution in [1.82, 2.24) is 0 Å². The van der Waals surface area contributed by atoms with Crippen molar-refractivity contribution in [2.45, 2.75) is 52.9 Å². The van der Waals surface area contributed by atoms with Gasteiger partial charge in [0, 0.05) is 0 Å². The Kier molecular flexibility index (Phi) is 7.11. The van der Waals surface area contributed by atoms with Crippen LogP contribution in [0.15, 0.2) is 0 Å². The molecule has 0 fully saturated rings. The SMILES string of the molecule is C[C]C(C)CCCCCC. The highest BCUT2D eigenvalue weighted by molar-refractivity contribution is 4.65. The maximum absolute atomic E-state index is 3.24. The molecule has 0 aliphatic rings. The molecule has 0 N–H and O–H groups in total. The second-order valence-electron chi connectivity index (χ2n) is 3.04. The zero-order chi connectivity index (χ0) is 7.82. The van der Waals surface area contributed by atoms with Crippen LogP contribution in [0.4, 0.5) is 0 Å². The molecule has 0 rings (SSSR count). The van der Waals surface area contributed by atoms with Gasteiger partial charge in [-0.1, -0.05) is 52.9 Å². The molecule has 1 unspecified atom stereocenters. The van der Waals surface area contributed by atoms with Gasteiger partial charge in [-0.25, -0.2) is 0 Å². The zero-order valence-corrected chi connectivity index (χ0v) is 7.61. The Bertz CT molecular complexity index is 57.1. The Balaban J connectivity index is 2.89. The lowest BCUT2D eigenvalue weighted by Gasteiger charge is -2.05. The topological polar surface area (TPSA) is 0 Å². The Hall–Kier alpha value is 0. The lowest BCUT2D eigenvalue weighted by molar-refractivity contribution is 0.538. The summed E-state index contributed by atoms with van der Waals surface area (Å²) in [6.45, 7) is 6.53. The predicted octanol–water partition coefficient (Wildman–Crippen LogP) is 3.69. The number of hydrogen-bond donors (Lipinski definition) is 0. The summed E-state index contributed by atoms with van der Waals surface area (Å²) in [6, 6.07) is 0. The fourth-order valence-corrected chi connectivity index (χ4v) is 1.02. The van der Waals surface area contributed by atoms with E-state index in [2.05, 4.69) is 20.3 Å². The van der Waals surface area contributed by atoms with Gasteiger partial charge < -0.3 is 0 Å². The minimum absolute atomic E-state index is 0.705. The molecule has 0 nitrogen and oxygen atoms in total. The van der Waals surface area contributed by atoms with Crippen molar-refractivity contribution in [3.8, 4) is 0 Å². The highest BCUT2D eigenvalue weighted by Gasteiger charge is 1.97. The summed E-state index contributed by atoms with van der Waals surface area (Å²) in [6.07, 6.45) is 10.1. The third-order valence-corrected chi connectivity index (χ3v) is 1.98. The van der Waals surface area contributed by atoms with Crippen molar-refractivity contribution in [2.75, 3.05) is 0 Å². The van der Waals surface area contributed by atoms with E-state index in [0.29, 0.717) is 5.92 Å². The lowest BCUT2D eigenvalue weighted by Crippen LogP contribution is -1.91. The predicted molar refractivity (Wildman–Crippen MR) is 46.8 cm³/mol. The molecule has 1 atom stereocenters. The quantitative estimate of drug-likeness (QED) is 0.493. The molecule has 60 valence electrons. The molecule has 0 aromatic heterocycles. The number of rotatable bonds is 6. The minimum Gasteiger partial charge on any atom is -0.0654 e. The van der Waals surface area contributed by atoms with E-state index in [9.17, 15) is 0 Å². The Morgan fingerprint density at radius 3 is 2.40 bits per heavy atom. The van der Waals surface area contributed by atoms with Gasteiger partial charge in [-0.05, 0) is 12.3 Å². The van der Waals surface area contributed by atoms with E-state index in [1.54, 1.807) is 0 Å². The molecule has 0 aliphatic carbocycles. The second kappa shape index (κ2) is 7.11. The fraction of sp³-hybridized carbons (Fsp3) is 0.900.